The van der Waals surface area contributed by atoms with E-state index in [1.54, 1.807) is 18.1 Å². The normalized spacial score (nSPS) is 20.6. The molecule has 2 heterocycles. The molecule has 0 saturated carbocycles. The summed E-state index contributed by atoms with van der Waals surface area (Å²) in [5.41, 5.74) is 1.20. The molecular weight excluding hydrogens is 268 g/mol. The summed E-state index contributed by atoms with van der Waals surface area (Å²) in [5, 5.41) is 1.69. The number of aliphatic imine (C=N–C) groups is 4. The minimum absolute atomic E-state index is 0.104. The summed E-state index contributed by atoms with van der Waals surface area (Å²) >= 11 is 7.50. The Morgan fingerprint density at radius 1 is 1.11 bits per heavy atom. The lowest BCUT2D eigenvalue weighted by Gasteiger charge is -2.13. The largest absolute Gasteiger partial charge is 0.255 e. The summed E-state index contributed by atoms with van der Waals surface area (Å²) in [6.45, 7) is 0. The number of rotatable bonds is 2. The maximum absolute atomic E-state index is 5.85. The topological polar surface area (TPSA) is 49.4 Å². The fourth-order valence-electron chi connectivity index (χ4n) is 1.64. The SMILES string of the molecule is Clc1ccc(CSC2=NC=NC3=NC=NC32)cc1. The second kappa shape index (κ2) is 5.04. The molecule has 0 saturated heterocycles. The molecule has 1 aromatic rings. The zero-order valence-corrected chi connectivity index (χ0v) is 10.9. The molecule has 6 heteroatoms. The summed E-state index contributed by atoms with van der Waals surface area (Å²) in [4.78, 5) is 16.7. The molecule has 0 bridgehead atoms. The average Bonchev–Trinajstić information content (AvgIpc) is 2.87. The summed E-state index contributed by atoms with van der Waals surface area (Å²) in [7, 11) is 0. The summed E-state index contributed by atoms with van der Waals surface area (Å²) < 4.78 is 0. The van der Waals surface area contributed by atoms with Crippen LogP contribution in [-0.4, -0.2) is 29.6 Å². The highest BCUT2D eigenvalue weighted by Gasteiger charge is 2.26. The van der Waals surface area contributed by atoms with E-state index in [9.17, 15) is 0 Å². The first-order valence-corrected chi connectivity index (χ1v) is 6.76. The van der Waals surface area contributed by atoms with Crippen LogP contribution >= 0.6 is 23.4 Å². The van der Waals surface area contributed by atoms with Gasteiger partial charge in [0.25, 0.3) is 0 Å². The van der Waals surface area contributed by atoms with Crippen LogP contribution in [0.1, 0.15) is 5.56 Å². The molecular formula is C12H9ClN4S. The van der Waals surface area contributed by atoms with Gasteiger partial charge in [0.1, 0.15) is 17.7 Å². The number of nitrogens with zero attached hydrogens (tertiary/aromatic N) is 4. The number of hydrogen-bond donors (Lipinski definition) is 0. The van der Waals surface area contributed by atoms with Gasteiger partial charge in [-0.3, -0.25) is 4.99 Å². The third-order valence-electron chi connectivity index (χ3n) is 2.56. The Hall–Kier alpha value is -1.46. The van der Waals surface area contributed by atoms with Gasteiger partial charge in [-0.1, -0.05) is 23.7 Å². The van der Waals surface area contributed by atoms with Gasteiger partial charge >= 0.3 is 0 Å². The molecule has 3 rings (SSSR count). The Kier molecular flexibility index (Phi) is 3.25. The Balaban J connectivity index is 1.68. The van der Waals surface area contributed by atoms with Crippen molar-refractivity contribution in [2.24, 2.45) is 20.0 Å². The van der Waals surface area contributed by atoms with Gasteiger partial charge in [0.15, 0.2) is 11.9 Å². The van der Waals surface area contributed by atoms with Gasteiger partial charge in [-0.25, -0.2) is 15.0 Å². The Labute approximate surface area is 114 Å². The van der Waals surface area contributed by atoms with Gasteiger partial charge in [-0.15, -0.1) is 11.8 Å². The van der Waals surface area contributed by atoms with Crippen LogP contribution in [0.25, 0.3) is 0 Å². The second-order valence-corrected chi connectivity index (χ2v) is 5.21. The zero-order valence-electron chi connectivity index (χ0n) is 9.32. The lowest BCUT2D eigenvalue weighted by atomic mass is 10.2. The molecule has 0 amide bonds. The Morgan fingerprint density at radius 2 is 1.94 bits per heavy atom. The maximum Gasteiger partial charge on any atom is 0.163 e. The van der Waals surface area contributed by atoms with E-state index in [2.05, 4.69) is 20.0 Å². The van der Waals surface area contributed by atoms with Crippen molar-refractivity contribution in [3.05, 3.63) is 34.9 Å². The number of fused-ring (bicyclic) bond motifs is 1. The number of amidine groups is 1. The molecule has 4 nitrogen and oxygen atoms in total. The van der Waals surface area contributed by atoms with Crippen LogP contribution in [0.15, 0.2) is 44.2 Å². The second-order valence-electron chi connectivity index (χ2n) is 3.78. The summed E-state index contributed by atoms with van der Waals surface area (Å²) in [6, 6.07) is 7.71. The van der Waals surface area contributed by atoms with E-state index in [0.717, 1.165) is 21.7 Å². The predicted molar refractivity (Wildman–Crippen MR) is 78.4 cm³/mol. The highest BCUT2D eigenvalue weighted by atomic mass is 35.5. The van der Waals surface area contributed by atoms with Crippen LogP contribution in [0.2, 0.25) is 5.02 Å². The highest BCUT2D eigenvalue weighted by Crippen LogP contribution is 2.22. The standard InChI is InChI=1S/C12H9ClN4S/c13-9-3-1-8(2-4-9)5-18-12-10-11(15-6-14-10)16-7-17-12/h1-4,6-7,10H,5H2. The van der Waals surface area contributed by atoms with E-state index in [1.165, 1.54) is 11.9 Å². The molecule has 0 aliphatic carbocycles. The van der Waals surface area contributed by atoms with Crippen molar-refractivity contribution in [2.45, 2.75) is 11.8 Å². The minimum Gasteiger partial charge on any atom is -0.255 e. The monoisotopic (exact) mass is 276 g/mol. The van der Waals surface area contributed by atoms with Gasteiger partial charge in [0, 0.05) is 10.8 Å². The molecule has 1 aromatic carbocycles. The molecule has 1 unspecified atom stereocenters. The highest BCUT2D eigenvalue weighted by molar-refractivity contribution is 8.13. The van der Waals surface area contributed by atoms with Gasteiger partial charge in [0.05, 0.1) is 0 Å². The zero-order chi connectivity index (χ0) is 12.4. The van der Waals surface area contributed by atoms with Crippen molar-refractivity contribution in [1.29, 1.82) is 0 Å². The smallest absolute Gasteiger partial charge is 0.163 e. The van der Waals surface area contributed by atoms with Crippen LogP contribution in [0, 0.1) is 0 Å². The van der Waals surface area contributed by atoms with Crippen molar-refractivity contribution < 1.29 is 0 Å². The number of halogens is 1. The summed E-state index contributed by atoms with van der Waals surface area (Å²) in [6.07, 6.45) is 3.08. The van der Waals surface area contributed by atoms with E-state index < -0.39 is 0 Å². The van der Waals surface area contributed by atoms with Crippen molar-refractivity contribution >= 4 is 46.9 Å². The molecule has 2 aliphatic rings. The van der Waals surface area contributed by atoms with Gasteiger partial charge in [-0.2, -0.15) is 0 Å². The molecule has 0 fully saturated rings. The van der Waals surface area contributed by atoms with Crippen molar-refractivity contribution in [3.63, 3.8) is 0 Å². The van der Waals surface area contributed by atoms with Crippen molar-refractivity contribution in [3.8, 4) is 0 Å². The first-order chi connectivity index (χ1) is 8.83. The summed E-state index contributed by atoms with van der Waals surface area (Å²) in [5.74, 6) is 1.56. The van der Waals surface area contributed by atoms with E-state index in [-0.39, 0.29) is 6.04 Å². The number of benzene rings is 1. The van der Waals surface area contributed by atoms with Crippen molar-refractivity contribution in [1.82, 2.24) is 0 Å². The van der Waals surface area contributed by atoms with Gasteiger partial charge in [-0.05, 0) is 17.7 Å². The third-order valence-corrected chi connectivity index (χ3v) is 3.91. The molecule has 0 spiro atoms. The number of thioether (sulfide) groups is 1. The van der Waals surface area contributed by atoms with Crippen molar-refractivity contribution in [2.75, 3.05) is 0 Å². The fourth-order valence-corrected chi connectivity index (χ4v) is 2.72. The molecule has 0 N–H and O–H groups in total. The predicted octanol–water partition coefficient (Wildman–Crippen LogP) is 2.82. The van der Waals surface area contributed by atoms with E-state index >= 15 is 0 Å². The van der Waals surface area contributed by atoms with Crippen LogP contribution in [0.5, 0.6) is 0 Å². The fraction of sp³-hybridized carbons (Fsp3) is 0.167. The lowest BCUT2D eigenvalue weighted by molar-refractivity contribution is 1.16. The Bertz CT molecular complexity index is 574. The Morgan fingerprint density at radius 3 is 2.78 bits per heavy atom. The van der Waals surface area contributed by atoms with E-state index in [1.807, 2.05) is 24.3 Å². The van der Waals surface area contributed by atoms with Gasteiger partial charge < -0.3 is 0 Å². The van der Waals surface area contributed by atoms with Crippen LogP contribution in [0.4, 0.5) is 0 Å². The first kappa shape index (κ1) is 11.6. The molecule has 2 aliphatic heterocycles. The molecule has 0 radical (unpaired) electrons. The van der Waals surface area contributed by atoms with Crippen LogP contribution in [-0.2, 0) is 5.75 Å². The maximum atomic E-state index is 5.85. The molecule has 0 aromatic heterocycles. The van der Waals surface area contributed by atoms with Crippen LogP contribution in [0.3, 0.4) is 0 Å². The minimum atomic E-state index is -0.104. The van der Waals surface area contributed by atoms with E-state index in [4.69, 9.17) is 11.6 Å². The average molecular weight is 277 g/mol. The lowest BCUT2D eigenvalue weighted by Crippen LogP contribution is -2.25. The molecule has 90 valence electrons. The third kappa shape index (κ3) is 2.37. The quantitative estimate of drug-likeness (QED) is 0.819. The molecule has 1 atom stereocenters. The van der Waals surface area contributed by atoms with Gasteiger partial charge in [0.2, 0.25) is 0 Å². The first-order valence-electron chi connectivity index (χ1n) is 5.40. The number of hydrogen-bond acceptors (Lipinski definition) is 5. The van der Waals surface area contributed by atoms with Crippen LogP contribution < -0.4 is 0 Å². The molecule has 18 heavy (non-hydrogen) atoms. The van der Waals surface area contributed by atoms with E-state index in [0.29, 0.717) is 0 Å².